The largest absolute Gasteiger partial charge is 0.288 e. The third-order valence-corrected chi connectivity index (χ3v) is 3.15. The van der Waals surface area contributed by atoms with Gasteiger partial charge < -0.3 is 0 Å². The summed E-state index contributed by atoms with van der Waals surface area (Å²) in [6.07, 6.45) is 1.67. The van der Waals surface area contributed by atoms with Gasteiger partial charge in [0.25, 0.3) is 5.69 Å². The van der Waals surface area contributed by atoms with Crippen LogP contribution in [0, 0.1) is 17.0 Å². The first kappa shape index (κ1) is 13.8. The van der Waals surface area contributed by atoms with Gasteiger partial charge in [-0.3, -0.25) is 10.1 Å². The van der Waals surface area contributed by atoms with Crippen molar-refractivity contribution in [1.29, 1.82) is 0 Å². The van der Waals surface area contributed by atoms with E-state index in [0.29, 0.717) is 16.9 Å². The average molecular weight is 301 g/mol. The number of benzene rings is 1. The predicted molar refractivity (Wildman–Crippen MR) is 72.0 cm³/mol. The fourth-order valence-corrected chi connectivity index (χ4v) is 1.95. The van der Waals surface area contributed by atoms with Crippen molar-refractivity contribution < 1.29 is 4.92 Å². The van der Waals surface area contributed by atoms with E-state index in [1.165, 1.54) is 16.8 Å². The number of nitro benzene ring substituents is 1. The molecule has 100 valence electrons. The SMILES string of the molecule is Cc1cc([N+](=O)[O-])c(Cl)cc1-n1cc(C(C)Cl)nn1. The summed E-state index contributed by atoms with van der Waals surface area (Å²) in [7, 11) is 0. The molecule has 0 aliphatic rings. The number of halogens is 2. The van der Waals surface area contributed by atoms with Gasteiger partial charge in [-0.2, -0.15) is 0 Å². The number of hydrogen-bond acceptors (Lipinski definition) is 4. The van der Waals surface area contributed by atoms with E-state index in [-0.39, 0.29) is 16.1 Å². The molecule has 0 saturated carbocycles. The molecule has 0 saturated heterocycles. The smallest absolute Gasteiger partial charge is 0.258 e. The molecule has 1 heterocycles. The van der Waals surface area contributed by atoms with E-state index in [1.807, 2.05) is 0 Å². The molecule has 2 rings (SSSR count). The molecule has 6 nitrogen and oxygen atoms in total. The molecular formula is C11H10Cl2N4O2. The molecular weight excluding hydrogens is 291 g/mol. The fourth-order valence-electron chi connectivity index (χ4n) is 1.62. The van der Waals surface area contributed by atoms with Crippen LogP contribution >= 0.6 is 23.2 Å². The van der Waals surface area contributed by atoms with Gasteiger partial charge in [0.2, 0.25) is 0 Å². The number of rotatable bonds is 3. The molecule has 1 aromatic carbocycles. The molecule has 0 radical (unpaired) electrons. The topological polar surface area (TPSA) is 73.8 Å². The van der Waals surface area contributed by atoms with E-state index < -0.39 is 4.92 Å². The Morgan fingerprint density at radius 1 is 1.47 bits per heavy atom. The Kier molecular flexibility index (Phi) is 3.73. The third-order valence-electron chi connectivity index (χ3n) is 2.63. The number of nitrogens with zero attached hydrogens (tertiary/aromatic N) is 4. The summed E-state index contributed by atoms with van der Waals surface area (Å²) in [5.41, 5.74) is 1.80. The van der Waals surface area contributed by atoms with Crippen LogP contribution in [0.15, 0.2) is 18.3 Å². The number of aryl methyl sites for hydroxylation is 1. The van der Waals surface area contributed by atoms with Crippen molar-refractivity contribution in [3.63, 3.8) is 0 Å². The molecule has 0 bridgehead atoms. The molecule has 1 aromatic heterocycles. The van der Waals surface area contributed by atoms with E-state index in [1.54, 1.807) is 20.0 Å². The molecule has 0 fully saturated rings. The zero-order valence-electron chi connectivity index (χ0n) is 10.2. The molecule has 8 heteroatoms. The van der Waals surface area contributed by atoms with Crippen LogP contribution in [-0.2, 0) is 0 Å². The molecule has 0 spiro atoms. The minimum Gasteiger partial charge on any atom is -0.258 e. The van der Waals surface area contributed by atoms with E-state index in [2.05, 4.69) is 10.3 Å². The highest BCUT2D eigenvalue weighted by atomic mass is 35.5. The highest BCUT2D eigenvalue weighted by molar-refractivity contribution is 6.32. The first-order valence-electron chi connectivity index (χ1n) is 5.41. The van der Waals surface area contributed by atoms with E-state index in [4.69, 9.17) is 23.2 Å². The van der Waals surface area contributed by atoms with Crippen LogP contribution in [0.3, 0.4) is 0 Å². The fraction of sp³-hybridized carbons (Fsp3) is 0.273. The van der Waals surface area contributed by atoms with Gasteiger partial charge in [-0.1, -0.05) is 16.8 Å². The molecule has 1 atom stereocenters. The monoisotopic (exact) mass is 300 g/mol. The third kappa shape index (κ3) is 2.69. The molecule has 1 unspecified atom stereocenters. The quantitative estimate of drug-likeness (QED) is 0.494. The van der Waals surface area contributed by atoms with Gasteiger partial charge in [0.05, 0.1) is 22.2 Å². The first-order chi connectivity index (χ1) is 8.90. The predicted octanol–water partition coefficient (Wildman–Crippen LogP) is 3.44. The Morgan fingerprint density at radius 3 is 2.68 bits per heavy atom. The Labute approximate surface area is 119 Å². The van der Waals surface area contributed by atoms with Crippen molar-refractivity contribution in [3.05, 3.63) is 44.7 Å². The maximum Gasteiger partial charge on any atom is 0.288 e. The van der Waals surface area contributed by atoms with Gasteiger partial charge in [-0.15, -0.1) is 16.7 Å². The number of hydrogen-bond donors (Lipinski definition) is 0. The number of nitro groups is 1. The summed E-state index contributed by atoms with van der Waals surface area (Å²) in [6, 6.07) is 2.90. The van der Waals surface area contributed by atoms with Crippen molar-refractivity contribution in [2.24, 2.45) is 0 Å². The maximum atomic E-state index is 10.8. The Hall–Kier alpha value is -1.66. The first-order valence-corrected chi connectivity index (χ1v) is 6.23. The summed E-state index contributed by atoms with van der Waals surface area (Å²) < 4.78 is 1.50. The average Bonchev–Trinajstić information content (AvgIpc) is 2.80. The van der Waals surface area contributed by atoms with Gasteiger partial charge >= 0.3 is 0 Å². The standard InChI is InChI=1S/C11H10Cl2N4O2/c1-6-3-11(17(18)19)8(13)4-10(6)16-5-9(7(2)12)14-15-16/h3-5,7H,1-2H3. The lowest BCUT2D eigenvalue weighted by atomic mass is 10.2. The Morgan fingerprint density at radius 2 is 2.16 bits per heavy atom. The molecule has 0 aliphatic carbocycles. The number of aromatic nitrogens is 3. The second-order valence-corrected chi connectivity index (χ2v) is 5.11. The number of alkyl halides is 1. The molecule has 19 heavy (non-hydrogen) atoms. The minimum absolute atomic E-state index is 0.0570. The van der Waals surface area contributed by atoms with Gasteiger partial charge in [0, 0.05) is 6.07 Å². The van der Waals surface area contributed by atoms with Crippen LogP contribution in [0.25, 0.3) is 5.69 Å². The lowest BCUT2D eigenvalue weighted by Crippen LogP contribution is -2.00. The lowest BCUT2D eigenvalue weighted by molar-refractivity contribution is -0.384. The van der Waals surface area contributed by atoms with Gasteiger partial charge in [0.15, 0.2) is 0 Å². The van der Waals surface area contributed by atoms with E-state index in [9.17, 15) is 10.1 Å². The van der Waals surface area contributed by atoms with Crippen molar-refractivity contribution in [2.75, 3.05) is 0 Å². The molecule has 2 aromatic rings. The second kappa shape index (κ2) is 5.14. The van der Waals surface area contributed by atoms with Gasteiger partial charge in [-0.25, -0.2) is 4.68 Å². The zero-order chi connectivity index (χ0) is 14.2. The molecule has 0 N–H and O–H groups in total. The zero-order valence-corrected chi connectivity index (χ0v) is 11.7. The Balaban J connectivity index is 2.50. The van der Waals surface area contributed by atoms with E-state index in [0.717, 1.165) is 0 Å². The maximum absolute atomic E-state index is 10.8. The van der Waals surface area contributed by atoms with Crippen molar-refractivity contribution in [2.45, 2.75) is 19.2 Å². The normalized spacial score (nSPS) is 12.4. The van der Waals surface area contributed by atoms with Crippen molar-refractivity contribution in [1.82, 2.24) is 15.0 Å². The summed E-state index contributed by atoms with van der Waals surface area (Å²) in [6.45, 7) is 3.52. The summed E-state index contributed by atoms with van der Waals surface area (Å²) in [5, 5.41) is 18.4. The summed E-state index contributed by atoms with van der Waals surface area (Å²) in [4.78, 5) is 10.3. The van der Waals surface area contributed by atoms with Crippen LogP contribution in [0.2, 0.25) is 5.02 Å². The van der Waals surface area contributed by atoms with E-state index >= 15 is 0 Å². The van der Waals surface area contributed by atoms with Crippen molar-refractivity contribution >= 4 is 28.9 Å². The summed E-state index contributed by atoms with van der Waals surface area (Å²) >= 11 is 11.8. The van der Waals surface area contributed by atoms with Crippen LogP contribution in [0.5, 0.6) is 0 Å². The highest BCUT2D eigenvalue weighted by Crippen LogP contribution is 2.29. The Bertz CT molecular complexity index is 640. The summed E-state index contributed by atoms with van der Waals surface area (Å²) in [5.74, 6) is 0. The van der Waals surface area contributed by atoms with Crippen LogP contribution < -0.4 is 0 Å². The van der Waals surface area contributed by atoms with Gasteiger partial charge in [-0.05, 0) is 25.5 Å². The van der Waals surface area contributed by atoms with Crippen LogP contribution in [0.1, 0.15) is 23.6 Å². The lowest BCUT2D eigenvalue weighted by Gasteiger charge is -2.06. The van der Waals surface area contributed by atoms with Gasteiger partial charge in [0.1, 0.15) is 10.7 Å². The highest BCUT2D eigenvalue weighted by Gasteiger charge is 2.17. The van der Waals surface area contributed by atoms with Crippen LogP contribution in [0.4, 0.5) is 5.69 Å². The second-order valence-electron chi connectivity index (χ2n) is 4.05. The van der Waals surface area contributed by atoms with Crippen molar-refractivity contribution in [3.8, 4) is 5.69 Å². The molecule has 0 aliphatic heterocycles. The van der Waals surface area contributed by atoms with Crippen LogP contribution in [-0.4, -0.2) is 19.9 Å². The minimum atomic E-state index is -0.521. The molecule has 0 amide bonds.